The van der Waals surface area contributed by atoms with Gasteiger partial charge in [-0.1, -0.05) is 97.1 Å². The molecule has 0 aliphatic heterocycles. The molecule has 0 fully saturated rings. The van der Waals surface area contributed by atoms with Crippen LogP contribution in [0.15, 0.2) is 116 Å². The predicted octanol–water partition coefficient (Wildman–Crippen LogP) is 6.62. The highest BCUT2D eigenvalue weighted by atomic mass is 35.5. The van der Waals surface area contributed by atoms with Crippen molar-refractivity contribution in [2.75, 3.05) is 0 Å². The average Bonchev–Trinajstić information content (AvgIpc) is 3.25. The van der Waals surface area contributed by atoms with Crippen LogP contribution in [0.3, 0.4) is 0 Å². The lowest BCUT2D eigenvalue weighted by Crippen LogP contribution is -2.37. The van der Waals surface area contributed by atoms with E-state index in [0.29, 0.717) is 5.88 Å². The molecule has 0 aliphatic rings. The van der Waals surface area contributed by atoms with Crippen LogP contribution in [0.1, 0.15) is 22.3 Å². The minimum atomic E-state index is -0.555. The largest absolute Gasteiger partial charge is 0.312 e. The smallest absolute Gasteiger partial charge is 0.122 e. The molecule has 0 N–H and O–H groups in total. The van der Waals surface area contributed by atoms with Crippen LogP contribution < -0.4 is 0 Å². The average molecular weight is 409 g/mol. The van der Waals surface area contributed by atoms with Gasteiger partial charge >= 0.3 is 0 Å². The van der Waals surface area contributed by atoms with Crippen molar-refractivity contribution in [3.8, 4) is 0 Å². The molecule has 0 amide bonds. The first-order chi connectivity index (χ1) is 14.8. The topological polar surface area (TPSA) is 17.8 Å². The molecule has 1 aromatic heterocycles. The Balaban J connectivity index is 1.92. The number of aromatic nitrogens is 2. The highest BCUT2D eigenvalue weighted by molar-refractivity contribution is 6.17. The Bertz CT molecular complexity index is 1170. The molecule has 5 aromatic rings. The van der Waals surface area contributed by atoms with E-state index in [0.717, 1.165) is 16.6 Å². The third-order valence-corrected chi connectivity index (χ3v) is 6.01. The van der Waals surface area contributed by atoms with Gasteiger partial charge in [0.15, 0.2) is 0 Å². The van der Waals surface area contributed by atoms with E-state index >= 15 is 0 Å². The van der Waals surface area contributed by atoms with Crippen LogP contribution >= 0.6 is 11.6 Å². The molecule has 5 rings (SSSR count). The number of benzene rings is 4. The molecule has 0 bridgehead atoms. The van der Waals surface area contributed by atoms with Crippen molar-refractivity contribution in [1.29, 1.82) is 0 Å². The number of rotatable bonds is 5. The van der Waals surface area contributed by atoms with Gasteiger partial charge in [0, 0.05) is 5.88 Å². The maximum atomic E-state index is 6.08. The molecule has 0 radical (unpaired) electrons. The van der Waals surface area contributed by atoms with Crippen molar-refractivity contribution < 1.29 is 0 Å². The van der Waals surface area contributed by atoms with Crippen molar-refractivity contribution in [3.05, 3.63) is 138 Å². The fourth-order valence-corrected chi connectivity index (χ4v) is 4.53. The molecular formula is C27H21ClN2. The van der Waals surface area contributed by atoms with E-state index in [2.05, 4.69) is 114 Å². The summed E-state index contributed by atoms with van der Waals surface area (Å²) < 4.78 is 2.29. The zero-order valence-corrected chi connectivity index (χ0v) is 17.2. The summed E-state index contributed by atoms with van der Waals surface area (Å²) >= 11 is 6.08. The van der Waals surface area contributed by atoms with Gasteiger partial charge < -0.3 is 4.57 Å². The number of imidazole rings is 1. The van der Waals surface area contributed by atoms with Gasteiger partial charge in [-0.05, 0) is 34.4 Å². The third-order valence-electron chi connectivity index (χ3n) is 5.70. The Hall–Kier alpha value is -3.36. The van der Waals surface area contributed by atoms with Crippen molar-refractivity contribution in [1.82, 2.24) is 9.55 Å². The highest BCUT2D eigenvalue weighted by Gasteiger charge is 2.39. The quantitative estimate of drug-likeness (QED) is 0.236. The van der Waals surface area contributed by atoms with E-state index in [-0.39, 0.29) is 0 Å². The van der Waals surface area contributed by atoms with E-state index in [1.165, 1.54) is 16.7 Å². The van der Waals surface area contributed by atoms with Gasteiger partial charge in [0.1, 0.15) is 5.54 Å². The first-order valence-corrected chi connectivity index (χ1v) is 10.6. The molecule has 4 aromatic carbocycles. The fraction of sp³-hybridized carbons (Fsp3) is 0.0741. The summed E-state index contributed by atoms with van der Waals surface area (Å²) in [7, 11) is 0. The van der Waals surface area contributed by atoms with Gasteiger partial charge in [0.25, 0.3) is 0 Å². The maximum absolute atomic E-state index is 6.08. The van der Waals surface area contributed by atoms with Gasteiger partial charge in [-0.25, -0.2) is 4.98 Å². The number of nitrogens with zero attached hydrogens (tertiary/aromatic N) is 2. The second-order valence-electron chi connectivity index (χ2n) is 7.38. The summed E-state index contributed by atoms with van der Waals surface area (Å²) in [6.45, 7) is 0. The molecule has 1 heterocycles. The van der Waals surface area contributed by atoms with E-state index in [4.69, 9.17) is 16.6 Å². The lowest BCUT2D eigenvalue weighted by molar-refractivity contribution is 0.529. The second kappa shape index (κ2) is 7.81. The van der Waals surface area contributed by atoms with Crippen LogP contribution in [0.2, 0.25) is 0 Å². The summed E-state index contributed by atoms with van der Waals surface area (Å²) in [5, 5.41) is 0. The SMILES string of the molecule is ClCc1ccc2c(c1)ncn2C(c1ccccc1)(c1ccccc1)c1ccccc1. The molecule has 0 saturated carbocycles. The van der Waals surface area contributed by atoms with Crippen LogP contribution in [-0.2, 0) is 11.4 Å². The molecular weight excluding hydrogens is 388 g/mol. The first-order valence-electron chi connectivity index (χ1n) is 10.0. The monoisotopic (exact) mass is 408 g/mol. The van der Waals surface area contributed by atoms with Crippen LogP contribution in [-0.4, -0.2) is 9.55 Å². The van der Waals surface area contributed by atoms with Gasteiger partial charge in [0.2, 0.25) is 0 Å². The van der Waals surface area contributed by atoms with Crippen LogP contribution in [0.4, 0.5) is 0 Å². The molecule has 0 spiro atoms. The molecule has 146 valence electrons. The zero-order valence-electron chi connectivity index (χ0n) is 16.4. The summed E-state index contributed by atoms with van der Waals surface area (Å²) in [4.78, 5) is 4.77. The van der Waals surface area contributed by atoms with Crippen LogP contribution in [0.25, 0.3) is 11.0 Å². The Labute approximate surface area is 181 Å². The lowest BCUT2D eigenvalue weighted by Gasteiger charge is -2.38. The fourth-order valence-electron chi connectivity index (χ4n) is 4.36. The number of alkyl halides is 1. The molecule has 2 nitrogen and oxygen atoms in total. The first kappa shape index (κ1) is 18.7. The Morgan fingerprint density at radius 3 is 1.63 bits per heavy atom. The normalized spacial score (nSPS) is 11.6. The minimum absolute atomic E-state index is 0.476. The molecule has 0 saturated heterocycles. The Morgan fingerprint density at radius 1 is 0.667 bits per heavy atom. The Kier molecular flexibility index (Phi) is 4.86. The van der Waals surface area contributed by atoms with Gasteiger partial charge in [-0.2, -0.15) is 0 Å². The van der Waals surface area contributed by atoms with Crippen LogP contribution in [0.5, 0.6) is 0 Å². The molecule has 3 heteroatoms. The third kappa shape index (κ3) is 2.92. The standard InChI is InChI=1S/C27H21ClN2/c28-19-21-16-17-26-25(18-21)29-20-30(26)27(22-10-4-1-5-11-22,23-12-6-2-7-13-23)24-14-8-3-9-15-24/h1-18,20H,19H2. The van der Waals surface area contributed by atoms with Crippen LogP contribution in [0, 0.1) is 0 Å². The van der Waals surface area contributed by atoms with E-state index < -0.39 is 5.54 Å². The summed E-state index contributed by atoms with van der Waals surface area (Å²) in [5.41, 5.74) is 6.08. The molecule has 0 aliphatic carbocycles. The van der Waals surface area contributed by atoms with E-state index in [1.807, 2.05) is 6.33 Å². The van der Waals surface area contributed by atoms with Gasteiger partial charge in [0.05, 0.1) is 17.4 Å². The van der Waals surface area contributed by atoms with E-state index in [1.54, 1.807) is 0 Å². The summed E-state index contributed by atoms with van der Waals surface area (Å²) in [6.07, 6.45) is 1.95. The predicted molar refractivity (Wildman–Crippen MR) is 124 cm³/mol. The van der Waals surface area contributed by atoms with Crippen molar-refractivity contribution in [2.45, 2.75) is 11.4 Å². The number of hydrogen-bond donors (Lipinski definition) is 0. The molecule has 0 unspecified atom stereocenters. The number of hydrogen-bond acceptors (Lipinski definition) is 1. The highest BCUT2D eigenvalue weighted by Crippen LogP contribution is 2.42. The maximum Gasteiger partial charge on any atom is 0.122 e. The van der Waals surface area contributed by atoms with Crippen molar-refractivity contribution >= 4 is 22.6 Å². The molecule has 0 atom stereocenters. The van der Waals surface area contributed by atoms with Crippen molar-refractivity contribution in [2.24, 2.45) is 0 Å². The second-order valence-corrected chi connectivity index (χ2v) is 7.65. The number of fused-ring (bicyclic) bond motifs is 1. The van der Waals surface area contributed by atoms with Gasteiger partial charge in [-0.3, -0.25) is 0 Å². The molecule has 30 heavy (non-hydrogen) atoms. The lowest BCUT2D eigenvalue weighted by atomic mass is 9.76. The summed E-state index contributed by atoms with van der Waals surface area (Å²) in [5.74, 6) is 0.476. The number of halogens is 1. The minimum Gasteiger partial charge on any atom is -0.312 e. The summed E-state index contributed by atoms with van der Waals surface area (Å²) in [6, 6.07) is 38.2. The van der Waals surface area contributed by atoms with Crippen molar-refractivity contribution in [3.63, 3.8) is 0 Å². The van der Waals surface area contributed by atoms with Gasteiger partial charge in [-0.15, -0.1) is 11.6 Å². The van der Waals surface area contributed by atoms with E-state index in [9.17, 15) is 0 Å². The Morgan fingerprint density at radius 2 is 1.17 bits per heavy atom. The zero-order chi connectivity index (χ0) is 20.4.